The van der Waals surface area contributed by atoms with E-state index in [0.717, 1.165) is 44.5 Å². The minimum atomic E-state index is -0.279. The van der Waals surface area contributed by atoms with Crippen molar-refractivity contribution in [1.29, 1.82) is 0 Å². The number of nitrogens with zero attached hydrogens (tertiary/aromatic N) is 2. The molecule has 2 saturated heterocycles. The molecule has 0 radical (unpaired) electrons. The highest BCUT2D eigenvalue weighted by Crippen LogP contribution is 2.28. The molecule has 2 aliphatic heterocycles. The quantitative estimate of drug-likeness (QED) is 0.594. The van der Waals surface area contributed by atoms with E-state index in [1.54, 1.807) is 12.1 Å². The van der Waals surface area contributed by atoms with Gasteiger partial charge in [-0.05, 0) is 56.6 Å². The number of carbonyl (C=O) groups excluding carboxylic acids is 2. The van der Waals surface area contributed by atoms with Gasteiger partial charge in [0, 0.05) is 0 Å². The van der Waals surface area contributed by atoms with Crippen molar-refractivity contribution in [2.45, 2.75) is 51.5 Å². The van der Waals surface area contributed by atoms with Gasteiger partial charge >= 0.3 is 0 Å². The molecule has 2 amide bonds. The molecule has 1 unspecified atom stereocenters. The van der Waals surface area contributed by atoms with Crippen molar-refractivity contribution in [2.75, 3.05) is 24.6 Å². The first-order chi connectivity index (χ1) is 11.7. The Bertz CT molecular complexity index is 579. The van der Waals surface area contributed by atoms with E-state index in [9.17, 15) is 9.59 Å². The summed E-state index contributed by atoms with van der Waals surface area (Å²) < 4.78 is 5.64. The van der Waals surface area contributed by atoms with Crippen molar-refractivity contribution >= 4 is 17.5 Å². The summed E-state index contributed by atoms with van der Waals surface area (Å²) in [7, 11) is 0. The first kappa shape index (κ1) is 17.0. The van der Waals surface area contributed by atoms with Gasteiger partial charge in [-0.3, -0.25) is 14.5 Å². The van der Waals surface area contributed by atoms with Crippen molar-refractivity contribution in [2.24, 2.45) is 0 Å². The predicted molar refractivity (Wildman–Crippen MR) is 93.2 cm³/mol. The van der Waals surface area contributed by atoms with Crippen molar-refractivity contribution in [1.82, 2.24) is 4.90 Å². The molecule has 0 saturated carbocycles. The van der Waals surface area contributed by atoms with Crippen LogP contribution in [-0.4, -0.2) is 42.5 Å². The summed E-state index contributed by atoms with van der Waals surface area (Å²) in [5, 5.41) is 0. The molecular weight excluding hydrogens is 304 g/mol. The van der Waals surface area contributed by atoms with Crippen molar-refractivity contribution < 1.29 is 14.3 Å². The number of hydrogen-bond acceptors (Lipinski definition) is 4. The highest BCUT2D eigenvalue weighted by atomic mass is 16.5. The zero-order valence-corrected chi connectivity index (χ0v) is 14.4. The summed E-state index contributed by atoms with van der Waals surface area (Å²) in [5.41, 5.74) is 0.646. The number of unbranched alkanes of at least 4 members (excludes halogenated alkanes) is 1. The van der Waals surface area contributed by atoms with Crippen LogP contribution in [0.15, 0.2) is 24.3 Å². The van der Waals surface area contributed by atoms with Crippen molar-refractivity contribution in [3.63, 3.8) is 0 Å². The molecule has 2 fully saturated rings. The Morgan fingerprint density at radius 2 is 1.79 bits per heavy atom. The van der Waals surface area contributed by atoms with Gasteiger partial charge in [-0.15, -0.1) is 0 Å². The maximum absolute atomic E-state index is 12.7. The zero-order chi connectivity index (χ0) is 16.9. The smallest absolute Gasteiger partial charge is 0.251 e. The van der Waals surface area contributed by atoms with Gasteiger partial charge in [-0.25, -0.2) is 4.90 Å². The summed E-state index contributed by atoms with van der Waals surface area (Å²) in [4.78, 5) is 28.6. The van der Waals surface area contributed by atoms with Crippen LogP contribution in [0.2, 0.25) is 0 Å². The Morgan fingerprint density at radius 1 is 1.08 bits per heavy atom. The molecule has 2 heterocycles. The van der Waals surface area contributed by atoms with Gasteiger partial charge < -0.3 is 4.74 Å². The lowest BCUT2D eigenvalue weighted by Crippen LogP contribution is -2.44. The number of benzene rings is 1. The average Bonchev–Trinajstić information content (AvgIpc) is 2.91. The van der Waals surface area contributed by atoms with E-state index in [1.165, 1.54) is 11.3 Å². The van der Waals surface area contributed by atoms with Crippen LogP contribution in [-0.2, 0) is 9.59 Å². The minimum Gasteiger partial charge on any atom is -0.494 e. The van der Waals surface area contributed by atoms with Crippen LogP contribution in [0.25, 0.3) is 0 Å². The van der Waals surface area contributed by atoms with Gasteiger partial charge in [0.05, 0.1) is 24.8 Å². The van der Waals surface area contributed by atoms with Crippen LogP contribution in [0.1, 0.15) is 45.4 Å². The molecule has 0 spiro atoms. The van der Waals surface area contributed by atoms with Crippen molar-refractivity contribution in [3.8, 4) is 5.75 Å². The zero-order valence-electron chi connectivity index (χ0n) is 14.4. The number of ether oxygens (including phenoxy) is 1. The third-order valence-electron chi connectivity index (χ3n) is 4.82. The van der Waals surface area contributed by atoms with Gasteiger partial charge in [-0.2, -0.15) is 0 Å². The number of rotatable bonds is 6. The monoisotopic (exact) mass is 330 g/mol. The molecule has 0 bridgehead atoms. The molecule has 1 aromatic rings. The van der Waals surface area contributed by atoms with Gasteiger partial charge in [0.25, 0.3) is 5.91 Å². The number of amides is 2. The lowest BCUT2D eigenvalue weighted by Gasteiger charge is -2.30. The molecular formula is C19H26N2O3. The topological polar surface area (TPSA) is 49.9 Å². The minimum absolute atomic E-state index is 0.0819. The fourth-order valence-electron chi connectivity index (χ4n) is 3.43. The predicted octanol–water partition coefficient (Wildman–Crippen LogP) is 2.98. The Kier molecular flexibility index (Phi) is 5.51. The third kappa shape index (κ3) is 3.61. The van der Waals surface area contributed by atoms with E-state index in [1.807, 2.05) is 12.1 Å². The van der Waals surface area contributed by atoms with Crippen LogP contribution in [0.5, 0.6) is 5.75 Å². The Hall–Kier alpha value is -1.88. The van der Waals surface area contributed by atoms with Crippen LogP contribution in [0, 0.1) is 0 Å². The Labute approximate surface area is 143 Å². The molecule has 0 aliphatic carbocycles. The largest absolute Gasteiger partial charge is 0.494 e. The Balaban J connectivity index is 1.67. The van der Waals surface area contributed by atoms with Gasteiger partial charge in [0.15, 0.2) is 0 Å². The number of carbonyl (C=O) groups is 2. The second kappa shape index (κ2) is 7.79. The molecule has 0 aromatic heterocycles. The molecule has 3 rings (SSSR count). The highest BCUT2D eigenvalue weighted by molar-refractivity contribution is 6.22. The van der Waals surface area contributed by atoms with Gasteiger partial charge in [-0.1, -0.05) is 19.8 Å². The molecule has 130 valence electrons. The Morgan fingerprint density at radius 3 is 2.46 bits per heavy atom. The molecule has 5 nitrogen and oxygen atoms in total. The van der Waals surface area contributed by atoms with Crippen LogP contribution in [0.4, 0.5) is 5.69 Å². The summed E-state index contributed by atoms with van der Waals surface area (Å²) in [6.45, 7) is 4.65. The molecule has 2 aliphatic rings. The highest BCUT2D eigenvalue weighted by Gasteiger charge is 2.42. The molecule has 1 aromatic carbocycles. The fraction of sp³-hybridized carbons (Fsp3) is 0.579. The average molecular weight is 330 g/mol. The van der Waals surface area contributed by atoms with E-state index >= 15 is 0 Å². The number of imide groups is 1. The number of likely N-dealkylation sites (tertiary alicyclic amines) is 1. The fourth-order valence-corrected chi connectivity index (χ4v) is 3.43. The second-order valence-electron chi connectivity index (χ2n) is 6.58. The van der Waals surface area contributed by atoms with Crippen LogP contribution in [0.3, 0.4) is 0 Å². The number of anilines is 1. The van der Waals surface area contributed by atoms with E-state index in [4.69, 9.17) is 4.74 Å². The first-order valence-corrected chi connectivity index (χ1v) is 9.04. The van der Waals surface area contributed by atoms with Gasteiger partial charge in [0.1, 0.15) is 5.75 Å². The lowest BCUT2D eigenvalue weighted by molar-refractivity contribution is -0.123. The van der Waals surface area contributed by atoms with Crippen LogP contribution < -0.4 is 9.64 Å². The summed E-state index contributed by atoms with van der Waals surface area (Å²) in [6.07, 6.45) is 5.85. The number of piperidine rings is 1. The van der Waals surface area contributed by atoms with Crippen LogP contribution >= 0.6 is 0 Å². The normalized spacial score (nSPS) is 22.2. The first-order valence-electron chi connectivity index (χ1n) is 9.04. The summed E-state index contributed by atoms with van der Waals surface area (Å²) in [5.74, 6) is 0.593. The number of hydrogen-bond donors (Lipinski definition) is 0. The van der Waals surface area contributed by atoms with E-state index in [-0.39, 0.29) is 17.9 Å². The maximum Gasteiger partial charge on any atom is 0.251 e. The van der Waals surface area contributed by atoms with E-state index in [0.29, 0.717) is 18.7 Å². The van der Waals surface area contributed by atoms with E-state index in [2.05, 4.69) is 11.8 Å². The third-order valence-corrected chi connectivity index (χ3v) is 4.82. The maximum atomic E-state index is 12.7. The van der Waals surface area contributed by atoms with Crippen molar-refractivity contribution in [3.05, 3.63) is 24.3 Å². The van der Waals surface area contributed by atoms with Gasteiger partial charge in [0.2, 0.25) is 5.91 Å². The molecule has 5 heteroatoms. The molecule has 24 heavy (non-hydrogen) atoms. The SMILES string of the molecule is CCCCOc1ccc(N2C(=O)CC(N3CCCCC3)C2=O)cc1. The van der Waals surface area contributed by atoms with E-state index < -0.39 is 0 Å². The standard InChI is InChI=1S/C19H26N2O3/c1-2-3-13-24-16-9-7-15(8-10-16)21-18(22)14-17(19(21)23)20-11-5-4-6-12-20/h7-10,17H,2-6,11-14H2,1H3. The lowest BCUT2D eigenvalue weighted by atomic mass is 10.1. The second-order valence-corrected chi connectivity index (χ2v) is 6.58. The summed E-state index contributed by atoms with van der Waals surface area (Å²) >= 11 is 0. The molecule has 0 N–H and O–H groups in total. The molecule has 1 atom stereocenters. The summed E-state index contributed by atoms with van der Waals surface area (Å²) in [6, 6.07) is 6.99.